The van der Waals surface area contributed by atoms with Crippen LogP contribution in [0.1, 0.15) is 5.56 Å². The van der Waals surface area contributed by atoms with E-state index in [0.29, 0.717) is 11.3 Å². The Morgan fingerprint density at radius 1 is 1.17 bits per heavy atom. The van der Waals surface area contributed by atoms with E-state index in [1.165, 1.54) is 12.1 Å². The molecule has 0 bridgehead atoms. The number of hydrogen-bond acceptors (Lipinski definition) is 8. The summed E-state index contributed by atoms with van der Waals surface area (Å²) in [5.74, 6) is -0.802. The van der Waals surface area contributed by atoms with Crippen molar-refractivity contribution in [3.8, 4) is 5.75 Å². The lowest BCUT2D eigenvalue weighted by Crippen LogP contribution is -2.60. The van der Waals surface area contributed by atoms with Gasteiger partial charge in [-0.15, -0.1) is 0 Å². The van der Waals surface area contributed by atoms with Gasteiger partial charge in [0.05, 0.1) is 6.61 Å². The van der Waals surface area contributed by atoms with Gasteiger partial charge in [0.15, 0.2) is 0 Å². The van der Waals surface area contributed by atoms with E-state index in [2.05, 4.69) is 0 Å². The van der Waals surface area contributed by atoms with Gasteiger partial charge in [0.1, 0.15) is 36.2 Å². The van der Waals surface area contributed by atoms with Crippen LogP contribution in [-0.4, -0.2) is 74.9 Å². The molecule has 0 aliphatic carbocycles. The predicted octanol–water partition coefficient (Wildman–Crippen LogP) is -2.18. The molecule has 1 aliphatic heterocycles. The smallest absolute Gasteiger partial charge is 0.320 e. The minimum atomic E-state index is -1.52. The van der Waals surface area contributed by atoms with Gasteiger partial charge in [0.2, 0.25) is 6.29 Å². The van der Waals surface area contributed by atoms with Gasteiger partial charge in [-0.25, -0.2) is 0 Å². The molecule has 9 nitrogen and oxygen atoms in total. The van der Waals surface area contributed by atoms with Crippen LogP contribution in [0.4, 0.5) is 0 Å². The summed E-state index contributed by atoms with van der Waals surface area (Å²) in [6.45, 7) is -0.545. The summed E-state index contributed by atoms with van der Waals surface area (Å²) >= 11 is 0. The summed E-state index contributed by atoms with van der Waals surface area (Å²) in [4.78, 5) is 10.7. The number of nitrogens with two attached hydrogens (primary N) is 1. The summed E-state index contributed by atoms with van der Waals surface area (Å²) in [6.07, 6.45) is -6.65. The van der Waals surface area contributed by atoms with Gasteiger partial charge in [-0.1, -0.05) is 12.1 Å². The van der Waals surface area contributed by atoms with Crippen molar-refractivity contribution in [2.75, 3.05) is 6.61 Å². The number of carboxylic acid groups (broad SMARTS) is 1. The minimum Gasteiger partial charge on any atom is -0.480 e. The fourth-order valence-corrected chi connectivity index (χ4v) is 2.34. The molecule has 1 saturated heterocycles. The van der Waals surface area contributed by atoms with Crippen molar-refractivity contribution < 1.29 is 39.8 Å². The monoisotopic (exact) mass is 343 g/mol. The van der Waals surface area contributed by atoms with Gasteiger partial charge in [-0.3, -0.25) is 4.79 Å². The Balaban J connectivity index is 2.01. The Morgan fingerprint density at radius 3 is 2.33 bits per heavy atom. The standard InChI is InChI=1S/C15H21NO8/c16-9(14(21)22)5-7-1-3-8(4-2-7)23-15-13(20)12(19)11(18)10(6-17)24-15/h1-4,9-13,15,17-20H,5-6,16H2,(H,21,22)/t9-,10+,11+,12-,13+,15?/m0/s1. The molecule has 0 spiro atoms. The first kappa shape index (κ1) is 18.6. The highest BCUT2D eigenvalue weighted by Crippen LogP contribution is 2.24. The molecule has 1 fully saturated rings. The largest absolute Gasteiger partial charge is 0.480 e. The van der Waals surface area contributed by atoms with E-state index in [1.54, 1.807) is 12.1 Å². The third kappa shape index (κ3) is 4.20. The molecule has 6 atom stereocenters. The minimum absolute atomic E-state index is 0.148. The molecule has 0 radical (unpaired) electrons. The molecule has 1 heterocycles. The number of carboxylic acids is 1. The van der Waals surface area contributed by atoms with E-state index >= 15 is 0 Å². The summed E-state index contributed by atoms with van der Waals surface area (Å²) in [5, 5.41) is 47.2. The van der Waals surface area contributed by atoms with Crippen LogP contribution in [0.5, 0.6) is 5.75 Å². The van der Waals surface area contributed by atoms with Crippen LogP contribution in [0, 0.1) is 0 Å². The molecule has 0 amide bonds. The number of ether oxygens (including phenoxy) is 2. The van der Waals surface area contributed by atoms with Crippen LogP contribution in [-0.2, 0) is 16.0 Å². The van der Waals surface area contributed by atoms with E-state index in [9.17, 15) is 20.1 Å². The highest BCUT2D eigenvalue weighted by atomic mass is 16.7. The van der Waals surface area contributed by atoms with E-state index in [4.69, 9.17) is 25.4 Å². The lowest BCUT2D eigenvalue weighted by atomic mass is 9.99. The number of aliphatic hydroxyl groups is 4. The fourth-order valence-electron chi connectivity index (χ4n) is 2.34. The molecule has 0 aromatic heterocycles. The second kappa shape index (κ2) is 7.88. The normalized spacial score (nSPS) is 31.5. The van der Waals surface area contributed by atoms with Crippen LogP contribution >= 0.6 is 0 Å². The molecule has 2 rings (SSSR count). The fraction of sp³-hybridized carbons (Fsp3) is 0.533. The van der Waals surface area contributed by atoms with Crippen LogP contribution in [0.2, 0.25) is 0 Å². The second-order valence-corrected chi connectivity index (χ2v) is 5.61. The third-order valence-electron chi connectivity index (χ3n) is 3.80. The predicted molar refractivity (Wildman–Crippen MR) is 80.2 cm³/mol. The van der Waals surface area contributed by atoms with Crippen molar-refractivity contribution in [2.45, 2.75) is 43.2 Å². The van der Waals surface area contributed by atoms with Crippen molar-refractivity contribution >= 4 is 5.97 Å². The molecule has 24 heavy (non-hydrogen) atoms. The number of hydrogen-bond donors (Lipinski definition) is 6. The number of aliphatic carboxylic acids is 1. The zero-order valence-corrected chi connectivity index (χ0v) is 12.7. The van der Waals surface area contributed by atoms with Crippen molar-refractivity contribution in [3.05, 3.63) is 29.8 Å². The first-order chi connectivity index (χ1) is 11.3. The molecular weight excluding hydrogens is 322 g/mol. The molecule has 7 N–H and O–H groups in total. The molecule has 1 unspecified atom stereocenters. The van der Waals surface area contributed by atoms with Gasteiger partial charge in [0, 0.05) is 0 Å². The lowest BCUT2D eigenvalue weighted by Gasteiger charge is -2.39. The molecule has 1 aliphatic rings. The van der Waals surface area contributed by atoms with Gasteiger partial charge >= 0.3 is 5.97 Å². The maximum Gasteiger partial charge on any atom is 0.320 e. The Bertz CT molecular complexity index is 549. The van der Waals surface area contributed by atoms with Gasteiger partial charge in [0.25, 0.3) is 0 Å². The summed E-state index contributed by atoms with van der Waals surface area (Å²) < 4.78 is 10.7. The third-order valence-corrected chi connectivity index (χ3v) is 3.80. The van der Waals surface area contributed by atoms with Crippen molar-refractivity contribution in [1.82, 2.24) is 0 Å². The molecule has 134 valence electrons. The molecule has 1 aromatic rings. The first-order valence-corrected chi connectivity index (χ1v) is 7.38. The summed E-state index contributed by atoms with van der Waals surface area (Å²) in [6, 6.07) is 5.28. The zero-order chi connectivity index (χ0) is 17.9. The number of carbonyl (C=O) groups is 1. The topological polar surface area (TPSA) is 163 Å². The van der Waals surface area contributed by atoms with E-state index < -0.39 is 49.3 Å². The second-order valence-electron chi connectivity index (χ2n) is 5.61. The number of aliphatic hydroxyl groups excluding tert-OH is 4. The Labute approximate surface area is 137 Å². The highest BCUT2D eigenvalue weighted by Gasteiger charge is 2.44. The SMILES string of the molecule is N[C@@H](Cc1ccc(OC2O[C@H](CO)[C@@H](O)[C@H](O)[C@H]2O)cc1)C(=O)O. The van der Waals surface area contributed by atoms with Gasteiger partial charge in [-0.05, 0) is 24.1 Å². The lowest BCUT2D eigenvalue weighted by molar-refractivity contribution is -0.277. The van der Waals surface area contributed by atoms with E-state index in [1.807, 2.05) is 0 Å². The van der Waals surface area contributed by atoms with Gasteiger partial charge < -0.3 is 40.7 Å². The molecule has 9 heteroatoms. The molecular formula is C15H21NO8. The summed E-state index contributed by atoms with van der Waals surface area (Å²) in [7, 11) is 0. The summed E-state index contributed by atoms with van der Waals surface area (Å²) in [5.41, 5.74) is 6.14. The van der Waals surface area contributed by atoms with Crippen molar-refractivity contribution in [3.63, 3.8) is 0 Å². The molecule has 0 saturated carbocycles. The highest BCUT2D eigenvalue weighted by molar-refractivity contribution is 5.73. The van der Waals surface area contributed by atoms with Gasteiger partial charge in [-0.2, -0.15) is 0 Å². The van der Waals surface area contributed by atoms with Crippen LogP contribution in [0.15, 0.2) is 24.3 Å². The Morgan fingerprint density at radius 2 is 1.79 bits per heavy atom. The Kier molecular flexibility index (Phi) is 6.10. The average molecular weight is 343 g/mol. The van der Waals surface area contributed by atoms with Crippen molar-refractivity contribution in [1.29, 1.82) is 0 Å². The number of benzene rings is 1. The quantitative estimate of drug-likeness (QED) is 0.337. The van der Waals surface area contributed by atoms with Crippen LogP contribution in [0.3, 0.4) is 0 Å². The number of rotatable bonds is 6. The van der Waals surface area contributed by atoms with E-state index in [-0.39, 0.29) is 6.42 Å². The first-order valence-electron chi connectivity index (χ1n) is 7.38. The van der Waals surface area contributed by atoms with Crippen molar-refractivity contribution in [2.24, 2.45) is 5.73 Å². The maximum atomic E-state index is 10.7. The molecule has 1 aromatic carbocycles. The maximum absolute atomic E-state index is 10.7. The van der Waals surface area contributed by atoms with Crippen LogP contribution in [0.25, 0.3) is 0 Å². The van der Waals surface area contributed by atoms with E-state index in [0.717, 1.165) is 0 Å². The average Bonchev–Trinajstić information content (AvgIpc) is 2.56. The Hall–Kier alpha value is -1.75. The zero-order valence-electron chi connectivity index (χ0n) is 12.7. The van der Waals surface area contributed by atoms with Crippen LogP contribution < -0.4 is 10.5 Å².